The number of fused-ring (bicyclic) bond motifs is 5. The fourth-order valence-electron chi connectivity index (χ4n) is 8.66. The number of hydrogen-bond acceptors (Lipinski definition) is 0. The van der Waals surface area contributed by atoms with Gasteiger partial charge in [-0.1, -0.05) is 62.8 Å². The molecule has 4 aliphatic carbocycles. The molecule has 0 saturated heterocycles. The van der Waals surface area contributed by atoms with Crippen LogP contribution in [0.1, 0.15) is 121 Å². The zero-order chi connectivity index (χ0) is 19.8. The highest BCUT2D eigenvalue weighted by molar-refractivity contribution is 5.13. The Morgan fingerprint density at radius 3 is 2.10 bits per heavy atom. The van der Waals surface area contributed by atoms with Crippen LogP contribution in [0, 0.1) is 64.1 Å². The topological polar surface area (TPSA) is 0 Å². The van der Waals surface area contributed by atoms with Crippen molar-refractivity contribution in [2.24, 2.45) is 52.3 Å². The Morgan fingerprint density at radius 2 is 1.45 bits per heavy atom. The second-order valence-electron chi connectivity index (χ2n) is 10.9. The molecule has 0 radical (unpaired) electrons. The quantitative estimate of drug-likeness (QED) is 0.383. The first-order valence-corrected chi connectivity index (χ1v) is 12.3. The SMILES string of the molecule is C.C.CC.CC#CC(C)C1CCC2C3CCC4CC(C)CCC4(C)C3CCC12C. The minimum Gasteiger partial charge on any atom is -0.106 e. The maximum absolute atomic E-state index is 3.53. The molecule has 0 nitrogen and oxygen atoms in total. The van der Waals surface area contributed by atoms with E-state index in [1.807, 2.05) is 20.8 Å². The lowest BCUT2D eigenvalue weighted by molar-refractivity contribution is -0.118. The summed E-state index contributed by atoms with van der Waals surface area (Å²) in [5.41, 5.74) is 1.25. The van der Waals surface area contributed by atoms with Gasteiger partial charge in [-0.2, -0.15) is 0 Å². The lowest BCUT2D eigenvalue weighted by Crippen LogP contribution is -2.53. The van der Waals surface area contributed by atoms with Crippen LogP contribution in [0.5, 0.6) is 0 Å². The number of rotatable bonds is 1. The van der Waals surface area contributed by atoms with Gasteiger partial charge in [0.05, 0.1) is 0 Å². The predicted octanol–water partition coefficient (Wildman–Crippen LogP) is 9.24. The maximum atomic E-state index is 3.53. The first-order chi connectivity index (χ1) is 12.9. The average molecular weight is 403 g/mol. The minimum absolute atomic E-state index is 0. The molecule has 4 fully saturated rings. The van der Waals surface area contributed by atoms with Crippen molar-refractivity contribution in [2.45, 2.75) is 121 Å². The second kappa shape index (κ2) is 10.2. The molecule has 29 heavy (non-hydrogen) atoms. The van der Waals surface area contributed by atoms with E-state index in [1.54, 1.807) is 6.42 Å². The van der Waals surface area contributed by atoms with Crippen molar-refractivity contribution in [2.75, 3.05) is 0 Å². The van der Waals surface area contributed by atoms with Crippen LogP contribution in [0.3, 0.4) is 0 Å². The van der Waals surface area contributed by atoms with E-state index in [0.29, 0.717) is 16.7 Å². The van der Waals surface area contributed by atoms with Gasteiger partial charge >= 0.3 is 0 Å². The molecule has 0 aromatic carbocycles. The third kappa shape index (κ3) is 4.32. The summed E-state index contributed by atoms with van der Waals surface area (Å²) >= 11 is 0. The van der Waals surface area contributed by atoms with E-state index in [-0.39, 0.29) is 14.9 Å². The molecule has 4 saturated carbocycles. The summed E-state index contributed by atoms with van der Waals surface area (Å²) in [7, 11) is 0. The van der Waals surface area contributed by atoms with Crippen LogP contribution in [0.25, 0.3) is 0 Å². The van der Waals surface area contributed by atoms with Crippen molar-refractivity contribution in [3.05, 3.63) is 0 Å². The van der Waals surface area contributed by atoms with Crippen molar-refractivity contribution in [3.8, 4) is 11.8 Å². The molecule has 0 spiro atoms. The third-order valence-corrected chi connectivity index (χ3v) is 9.98. The van der Waals surface area contributed by atoms with E-state index in [1.165, 1.54) is 51.4 Å². The molecule has 0 amide bonds. The van der Waals surface area contributed by atoms with Gasteiger partial charge in [0.2, 0.25) is 0 Å². The monoisotopic (exact) mass is 402 g/mol. The molecule has 9 atom stereocenters. The highest BCUT2D eigenvalue weighted by Crippen LogP contribution is 2.68. The first kappa shape index (κ1) is 26.6. The van der Waals surface area contributed by atoms with Gasteiger partial charge in [0.15, 0.2) is 0 Å². The standard InChI is InChI=1S/C25H40.C2H6.2CH4/c1-6-7-18(3)21-10-11-22-20-9-8-19-16-17(2)12-14-24(19,4)23(20)13-15-25(21,22)5;1-2;;/h17-23H,8-16H2,1-5H3;1-2H3;2*1H4. The molecule has 0 heteroatoms. The third-order valence-electron chi connectivity index (χ3n) is 9.98. The Hall–Kier alpha value is -0.440. The summed E-state index contributed by atoms with van der Waals surface area (Å²) < 4.78 is 0. The Labute approximate surface area is 185 Å². The molecule has 0 heterocycles. The summed E-state index contributed by atoms with van der Waals surface area (Å²) in [6.07, 6.45) is 13.5. The second-order valence-corrected chi connectivity index (χ2v) is 10.9. The van der Waals surface area contributed by atoms with Crippen molar-refractivity contribution in [3.63, 3.8) is 0 Å². The Balaban J connectivity index is 0.00000102. The van der Waals surface area contributed by atoms with Gasteiger partial charge in [-0.05, 0) is 105 Å². The van der Waals surface area contributed by atoms with E-state index in [9.17, 15) is 0 Å². The fraction of sp³-hybridized carbons (Fsp3) is 0.931. The molecule has 0 N–H and O–H groups in total. The summed E-state index contributed by atoms with van der Waals surface area (Å²) in [6, 6.07) is 0. The van der Waals surface area contributed by atoms with Crippen LogP contribution < -0.4 is 0 Å². The van der Waals surface area contributed by atoms with E-state index in [4.69, 9.17) is 0 Å². The first-order valence-electron chi connectivity index (χ1n) is 12.3. The summed E-state index contributed by atoms with van der Waals surface area (Å²) in [4.78, 5) is 0. The van der Waals surface area contributed by atoms with Crippen molar-refractivity contribution in [1.82, 2.24) is 0 Å². The Bertz CT molecular complexity index is 564. The molecule has 0 aromatic heterocycles. The van der Waals surface area contributed by atoms with Crippen LogP contribution in [0.2, 0.25) is 0 Å². The van der Waals surface area contributed by atoms with Crippen LogP contribution >= 0.6 is 0 Å². The fourth-order valence-corrected chi connectivity index (χ4v) is 8.66. The van der Waals surface area contributed by atoms with Gasteiger partial charge in [-0.25, -0.2) is 0 Å². The van der Waals surface area contributed by atoms with E-state index in [2.05, 4.69) is 39.5 Å². The molecular formula is C29H54. The van der Waals surface area contributed by atoms with Crippen molar-refractivity contribution < 1.29 is 0 Å². The molecule has 4 rings (SSSR count). The zero-order valence-corrected chi connectivity index (χ0v) is 19.4. The molecular weight excluding hydrogens is 348 g/mol. The molecule has 4 aliphatic rings. The van der Waals surface area contributed by atoms with Crippen LogP contribution in [-0.4, -0.2) is 0 Å². The molecule has 0 aromatic rings. The predicted molar refractivity (Wildman–Crippen MR) is 132 cm³/mol. The molecule has 0 aliphatic heterocycles. The lowest BCUT2D eigenvalue weighted by Gasteiger charge is -2.61. The number of hydrogen-bond donors (Lipinski definition) is 0. The summed E-state index contributed by atoms with van der Waals surface area (Å²) in [5, 5.41) is 0. The van der Waals surface area contributed by atoms with Gasteiger partial charge < -0.3 is 0 Å². The smallest absolute Gasteiger partial charge is 0.0208 e. The lowest BCUT2D eigenvalue weighted by atomic mass is 9.44. The Morgan fingerprint density at radius 1 is 0.828 bits per heavy atom. The minimum atomic E-state index is 0. The van der Waals surface area contributed by atoms with E-state index in [0.717, 1.165) is 35.5 Å². The van der Waals surface area contributed by atoms with E-state index >= 15 is 0 Å². The summed E-state index contributed by atoms with van der Waals surface area (Å²) in [5.74, 6) is 13.2. The average Bonchev–Trinajstić information content (AvgIpc) is 3.01. The zero-order valence-electron chi connectivity index (χ0n) is 19.4. The summed E-state index contributed by atoms with van der Waals surface area (Å²) in [6.45, 7) is 16.3. The normalized spacial score (nSPS) is 45.9. The molecule has 9 unspecified atom stereocenters. The van der Waals surface area contributed by atoms with E-state index < -0.39 is 0 Å². The highest BCUT2D eigenvalue weighted by Gasteiger charge is 2.60. The van der Waals surface area contributed by atoms with Crippen molar-refractivity contribution in [1.29, 1.82) is 0 Å². The van der Waals surface area contributed by atoms with Gasteiger partial charge in [0.1, 0.15) is 0 Å². The largest absolute Gasteiger partial charge is 0.106 e. The van der Waals surface area contributed by atoms with Crippen molar-refractivity contribution >= 4 is 0 Å². The Kier molecular flexibility index (Phi) is 9.40. The van der Waals surface area contributed by atoms with Crippen LogP contribution in [0.15, 0.2) is 0 Å². The molecule has 170 valence electrons. The van der Waals surface area contributed by atoms with Gasteiger partial charge in [-0.15, -0.1) is 11.8 Å². The van der Waals surface area contributed by atoms with Crippen LogP contribution in [0.4, 0.5) is 0 Å². The van der Waals surface area contributed by atoms with Gasteiger partial charge in [0.25, 0.3) is 0 Å². The molecule has 0 bridgehead atoms. The van der Waals surface area contributed by atoms with Crippen LogP contribution in [-0.2, 0) is 0 Å². The maximum Gasteiger partial charge on any atom is 0.0208 e. The highest BCUT2D eigenvalue weighted by atomic mass is 14.6. The van der Waals surface area contributed by atoms with Gasteiger partial charge in [-0.3, -0.25) is 0 Å². The van der Waals surface area contributed by atoms with Gasteiger partial charge in [0, 0.05) is 5.92 Å².